The van der Waals surface area contributed by atoms with Gasteiger partial charge in [0.05, 0.1) is 7.11 Å². The zero-order valence-corrected chi connectivity index (χ0v) is 14.8. The Morgan fingerprint density at radius 1 is 1.11 bits per heavy atom. The van der Waals surface area contributed by atoms with Gasteiger partial charge >= 0.3 is 5.97 Å². The number of benzene rings is 2. The molecule has 0 aliphatic rings. The number of hydrogen-bond donors (Lipinski definition) is 0. The lowest BCUT2D eigenvalue weighted by atomic mass is 10.2. The van der Waals surface area contributed by atoms with E-state index in [0.717, 1.165) is 11.3 Å². The fourth-order valence-electron chi connectivity index (χ4n) is 2.25. The number of halogens is 1. The van der Waals surface area contributed by atoms with Crippen LogP contribution in [0.3, 0.4) is 0 Å². The Balaban J connectivity index is 1.61. The highest BCUT2D eigenvalue weighted by Crippen LogP contribution is 2.22. The smallest absolute Gasteiger partial charge is 0.331 e. The van der Waals surface area contributed by atoms with E-state index in [2.05, 4.69) is 10.2 Å². The molecule has 0 saturated carbocycles. The summed E-state index contributed by atoms with van der Waals surface area (Å²) in [6.45, 7) is 1.63. The fraction of sp³-hybridized carbons (Fsp3) is 0.150. The summed E-state index contributed by atoms with van der Waals surface area (Å²) in [5, 5.41) is 7.77. The Morgan fingerprint density at radius 2 is 1.81 bits per heavy atom. The Labute approximate surface area is 155 Å². The molecule has 1 aromatic heterocycles. The van der Waals surface area contributed by atoms with Crippen molar-refractivity contribution in [2.45, 2.75) is 13.0 Å². The molecule has 0 aliphatic carbocycles. The lowest BCUT2D eigenvalue weighted by Crippen LogP contribution is -2.06. The lowest BCUT2D eigenvalue weighted by Gasteiger charge is -2.06. The Hall–Kier alpha value is -3.48. The van der Waals surface area contributed by atoms with Gasteiger partial charge < -0.3 is 13.9 Å². The molecule has 0 unspecified atom stereocenters. The van der Waals surface area contributed by atoms with E-state index in [1.807, 2.05) is 12.1 Å². The molecular weight excluding hydrogens is 351 g/mol. The molecule has 3 aromatic rings. The summed E-state index contributed by atoms with van der Waals surface area (Å²) in [7, 11) is 1.59. The molecule has 0 N–H and O–H groups in total. The molecular formula is C20H17FN2O4. The predicted molar refractivity (Wildman–Crippen MR) is 96.2 cm³/mol. The minimum atomic E-state index is -0.722. The van der Waals surface area contributed by atoms with E-state index in [4.69, 9.17) is 13.9 Å². The van der Waals surface area contributed by atoms with Gasteiger partial charge in [-0.15, -0.1) is 10.2 Å². The van der Waals surface area contributed by atoms with Gasteiger partial charge in [0.15, 0.2) is 6.10 Å². The van der Waals surface area contributed by atoms with Crippen molar-refractivity contribution in [3.8, 4) is 17.2 Å². The summed E-state index contributed by atoms with van der Waals surface area (Å²) < 4.78 is 28.8. The standard InChI is InChI=1S/C20H17FN2O4/c1-13(19-22-23-20(27-19)15-6-8-16(21)9-7-15)26-18(24)12-5-14-3-10-17(25-2)11-4-14/h3-13H,1-2H3/b12-5+/t13-/m0/s1. The number of carbonyl (C=O) groups excluding carboxylic acids is 1. The van der Waals surface area contributed by atoms with E-state index in [1.54, 1.807) is 32.2 Å². The van der Waals surface area contributed by atoms with Gasteiger partial charge in [-0.05, 0) is 55.0 Å². The molecule has 1 heterocycles. The van der Waals surface area contributed by atoms with Crippen LogP contribution in [0, 0.1) is 5.82 Å². The second-order valence-corrected chi connectivity index (χ2v) is 5.64. The van der Waals surface area contributed by atoms with E-state index in [-0.39, 0.29) is 17.6 Å². The molecule has 0 amide bonds. The SMILES string of the molecule is COc1ccc(/C=C/C(=O)O[C@@H](C)c2nnc(-c3ccc(F)cc3)o2)cc1. The van der Waals surface area contributed by atoms with Crippen LogP contribution < -0.4 is 4.74 Å². The van der Waals surface area contributed by atoms with Crippen LogP contribution in [0.15, 0.2) is 59.0 Å². The number of rotatable bonds is 6. The van der Waals surface area contributed by atoms with Gasteiger partial charge in [-0.3, -0.25) is 0 Å². The molecule has 0 saturated heterocycles. The van der Waals surface area contributed by atoms with Crippen molar-refractivity contribution in [3.63, 3.8) is 0 Å². The molecule has 0 spiro atoms. The predicted octanol–water partition coefficient (Wildman–Crippen LogP) is 4.20. The van der Waals surface area contributed by atoms with Gasteiger partial charge in [0, 0.05) is 11.6 Å². The normalized spacial score (nSPS) is 12.1. The average Bonchev–Trinajstić information content (AvgIpc) is 3.18. The van der Waals surface area contributed by atoms with Gasteiger partial charge in [-0.25, -0.2) is 9.18 Å². The molecule has 27 heavy (non-hydrogen) atoms. The van der Waals surface area contributed by atoms with Crippen LogP contribution in [0.2, 0.25) is 0 Å². The minimum Gasteiger partial charge on any atom is -0.497 e. The number of methoxy groups -OCH3 is 1. The minimum absolute atomic E-state index is 0.153. The molecule has 0 fully saturated rings. The number of hydrogen-bond acceptors (Lipinski definition) is 6. The maximum Gasteiger partial charge on any atom is 0.331 e. The van der Waals surface area contributed by atoms with Crippen molar-refractivity contribution in [1.82, 2.24) is 10.2 Å². The third kappa shape index (κ3) is 4.78. The summed E-state index contributed by atoms with van der Waals surface area (Å²) in [6, 6.07) is 12.9. The van der Waals surface area contributed by atoms with Gasteiger partial charge in [0.1, 0.15) is 11.6 Å². The molecule has 0 aliphatic heterocycles. The molecule has 2 aromatic carbocycles. The van der Waals surface area contributed by atoms with E-state index in [9.17, 15) is 9.18 Å². The maximum absolute atomic E-state index is 13.0. The van der Waals surface area contributed by atoms with E-state index >= 15 is 0 Å². The number of aromatic nitrogens is 2. The monoisotopic (exact) mass is 368 g/mol. The highest BCUT2D eigenvalue weighted by atomic mass is 19.1. The van der Waals surface area contributed by atoms with Crippen molar-refractivity contribution >= 4 is 12.0 Å². The number of nitrogens with zero attached hydrogens (tertiary/aromatic N) is 2. The third-order valence-corrected chi connectivity index (χ3v) is 3.70. The zero-order chi connectivity index (χ0) is 19.2. The maximum atomic E-state index is 13.0. The van der Waals surface area contributed by atoms with Gasteiger partial charge in [0.2, 0.25) is 5.89 Å². The van der Waals surface area contributed by atoms with Crippen LogP contribution in [-0.4, -0.2) is 23.3 Å². The molecule has 138 valence electrons. The number of esters is 1. The molecule has 1 atom stereocenters. The summed E-state index contributed by atoms with van der Waals surface area (Å²) in [5.74, 6) is 0.211. The first-order valence-corrected chi connectivity index (χ1v) is 8.17. The summed E-state index contributed by atoms with van der Waals surface area (Å²) in [6.07, 6.45) is 2.22. The summed E-state index contributed by atoms with van der Waals surface area (Å²) in [5.41, 5.74) is 1.41. The average molecular weight is 368 g/mol. The van der Waals surface area contributed by atoms with Crippen LogP contribution in [-0.2, 0) is 9.53 Å². The second kappa shape index (κ2) is 8.27. The molecule has 7 heteroatoms. The zero-order valence-electron chi connectivity index (χ0n) is 14.8. The van der Waals surface area contributed by atoms with Gasteiger partial charge in [-0.2, -0.15) is 0 Å². The first-order chi connectivity index (χ1) is 13.0. The van der Waals surface area contributed by atoms with E-state index in [1.165, 1.54) is 30.3 Å². The van der Waals surface area contributed by atoms with Gasteiger partial charge in [-0.1, -0.05) is 12.1 Å². The molecule has 0 radical (unpaired) electrons. The molecule has 0 bridgehead atoms. The van der Waals surface area contributed by atoms with Crippen LogP contribution in [0.1, 0.15) is 24.5 Å². The third-order valence-electron chi connectivity index (χ3n) is 3.70. The number of ether oxygens (including phenoxy) is 2. The quantitative estimate of drug-likeness (QED) is 0.479. The van der Waals surface area contributed by atoms with E-state index < -0.39 is 12.1 Å². The van der Waals surface area contributed by atoms with Crippen molar-refractivity contribution in [2.24, 2.45) is 0 Å². The van der Waals surface area contributed by atoms with Crippen molar-refractivity contribution < 1.29 is 23.1 Å². The van der Waals surface area contributed by atoms with Crippen LogP contribution in [0.4, 0.5) is 4.39 Å². The Kier molecular flexibility index (Phi) is 5.61. The van der Waals surface area contributed by atoms with Crippen molar-refractivity contribution in [2.75, 3.05) is 7.11 Å². The summed E-state index contributed by atoms with van der Waals surface area (Å²) >= 11 is 0. The lowest BCUT2D eigenvalue weighted by molar-refractivity contribution is -0.143. The fourth-order valence-corrected chi connectivity index (χ4v) is 2.25. The Morgan fingerprint density at radius 3 is 2.48 bits per heavy atom. The van der Waals surface area contributed by atoms with Gasteiger partial charge in [0.25, 0.3) is 5.89 Å². The first-order valence-electron chi connectivity index (χ1n) is 8.17. The second-order valence-electron chi connectivity index (χ2n) is 5.64. The molecule has 3 rings (SSSR count). The largest absolute Gasteiger partial charge is 0.497 e. The number of carbonyl (C=O) groups is 1. The molecule has 6 nitrogen and oxygen atoms in total. The van der Waals surface area contributed by atoms with Crippen LogP contribution in [0.5, 0.6) is 5.75 Å². The summed E-state index contributed by atoms with van der Waals surface area (Å²) in [4.78, 5) is 12.0. The first kappa shape index (κ1) is 18.3. The van der Waals surface area contributed by atoms with Crippen molar-refractivity contribution in [3.05, 3.63) is 71.9 Å². The Bertz CT molecular complexity index is 933. The topological polar surface area (TPSA) is 74.5 Å². The highest BCUT2D eigenvalue weighted by Gasteiger charge is 2.18. The highest BCUT2D eigenvalue weighted by molar-refractivity contribution is 5.87. The van der Waals surface area contributed by atoms with Crippen LogP contribution in [0.25, 0.3) is 17.5 Å². The van der Waals surface area contributed by atoms with E-state index in [0.29, 0.717) is 5.56 Å². The van der Waals surface area contributed by atoms with Crippen molar-refractivity contribution in [1.29, 1.82) is 0 Å². The van der Waals surface area contributed by atoms with Crippen LogP contribution >= 0.6 is 0 Å².